The van der Waals surface area contributed by atoms with Crippen molar-refractivity contribution >= 4 is 11.6 Å². The van der Waals surface area contributed by atoms with Crippen molar-refractivity contribution in [3.8, 4) is 17.2 Å². The number of carbonyl (C=O) groups excluding carboxylic acids is 1. The molecule has 1 N–H and O–H groups in total. The number of nitrogens with one attached hydrogen (secondary N) is 1. The summed E-state index contributed by atoms with van der Waals surface area (Å²) in [6, 6.07) is 16.4. The van der Waals surface area contributed by atoms with Crippen LogP contribution < -0.4 is 25.0 Å². The minimum atomic E-state index is -0.205. The number of amides is 1. The molecule has 0 radical (unpaired) electrons. The molecule has 0 saturated carbocycles. The third kappa shape index (κ3) is 4.40. The fraction of sp³-hybridized carbons (Fsp3) is 0.182. The molecular weight excluding hydrogens is 372 g/mol. The zero-order valence-electron chi connectivity index (χ0n) is 15.9. The lowest BCUT2D eigenvalue weighted by molar-refractivity contribution is -0.118. The number of hydrogen-bond acceptors (Lipinski definition) is 5. The third-order valence-corrected chi connectivity index (χ3v) is 4.51. The summed E-state index contributed by atoms with van der Waals surface area (Å²) in [6.07, 6.45) is 1.66. The lowest BCUT2D eigenvalue weighted by Crippen LogP contribution is -2.25. The van der Waals surface area contributed by atoms with Crippen molar-refractivity contribution in [1.82, 2.24) is 4.57 Å². The Labute approximate surface area is 167 Å². The summed E-state index contributed by atoms with van der Waals surface area (Å²) in [5, 5.41) is 2.74. The molecule has 1 aliphatic rings. The van der Waals surface area contributed by atoms with Gasteiger partial charge in [0.05, 0.1) is 17.6 Å². The van der Waals surface area contributed by atoms with Gasteiger partial charge in [-0.1, -0.05) is 30.3 Å². The molecule has 29 heavy (non-hydrogen) atoms. The molecule has 2 heterocycles. The molecule has 1 amide bonds. The summed E-state index contributed by atoms with van der Waals surface area (Å²) < 4.78 is 18.6. The predicted octanol–water partition coefficient (Wildman–Crippen LogP) is 2.87. The first-order chi connectivity index (χ1) is 14.1. The smallest absolute Gasteiger partial charge is 0.262 e. The van der Waals surface area contributed by atoms with E-state index < -0.39 is 0 Å². The molecule has 0 spiro atoms. The zero-order valence-corrected chi connectivity index (χ0v) is 15.9. The van der Waals surface area contributed by atoms with E-state index in [0.29, 0.717) is 29.5 Å². The summed E-state index contributed by atoms with van der Waals surface area (Å²) in [5.74, 6) is 1.24. The van der Waals surface area contributed by atoms with Gasteiger partial charge in [-0.3, -0.25) is 9.59 Å². The van der Waals surface area contributed by atoms with E-state index in [0.717, 1.165) is 5.56 Å². The minimum absolute atomic E-state index is 0.00794. The van der Waals surface area contributed by atoms with Gasteiger partial charge in [0.2, 0.25) is 5.43 Å². The normalized spacial score (nSPS) is 12.5. The van der Waals surface area contributed by atoms with Crippen LogP contribution in [0.4, 0.5) is 5.69 Å². The Hall–Kier alpha value is -3.74. The third-order valence-electron chi connectivity index (χ3n) is 4.51. The number of fused-ring (bicyclic) bond motifs is 1. The average Bonchev–Trinajstić information content (AvgIpc) is 2.73. The van der Waals surface area contributed by atoms with Gasteiger partial charge in [0, 0.05) is 19.2 Å². The van der Waals surface area contributed by atoms with Gasteiger partial charge in [-0.15, -0.1) is 0 Å². The Morgan fingerprint density at radius 1 is 1.03 bits per heavy atom. The van der Waals surface area contributed by atoms with Gasteiger partial charge in [-0.25, -0.2) is 0 Å². The maximum absolute atomic E-state index is 12.4. The maximum atomic E-state index is 12.4. The molecule has 1 aliphatic heterocycles. The summed E-state index contributed by atoms with van der Waals surface area (Å²) in [7, 11) is 1.83. The molecule has 2 aromatic carbocycles. The van der Waals surface area contributed by atoms with Crippen molar-refractivity contribution in [2.45, 2.75) is 13.2 Å². The molecule has 0 aliphatic carbocycles. The van der Waals surface area contributed by atoms with Crippen LogP contribution in [0.5, 0.6) is 17.2 Å². The first kappa shape index (κ1) is 18.6. The van der Waals surface area contributed by atoms with Crippen molar-refractivity contribution in [1.29, 1.82) is 0 Å². The molecule has 0 unspecified atom stereocenters. The fourth-order valence-electron chi connectivity index (χ4n) is 2.94. The molecule has 0 saturated heterocycles. The quantitative estimate of drug-likeness (QED) is 0.698. The fourth-order valence-corrected chi connectivity index (χ4v) is 2.94. The lowest BCUT2D eigenvalue weighted by atomic mass is 10.2. The molecule has 0 bridgehead atoms. The zero-order chi connectivity index (χ0) is 20.2. The van der Waals surface area contributed by atoms with Gasteiger partial charge in [0.15, 0.2) is 12.4 Å². The molecule has 148 valence electrons. The van der Waals surface area contributed by atoms with Crippen molar-refractivity contribution in [2.24, 2.45) is 7.05 Å². The Morgan fingerprint density at radius 2 is 1.86 bits per heavy atom. The number of aryl methyl sites for hydroxylation is 1. The second kappa shape index (κ2) is 8.10. The Bertz CT molecular complexity index is 1090. The van der Waals surface area contributed by atoms with E-state index in [-0.39, 0.29) is 30.3 Å². The molecule has 7 nitrogen and oxygen atoms in total. The number of carbonyl (C=O) groups is 1. The number of pyridine rings is 1. The second-order valence-electron chi connectivity index (χ2n) is 6.66. The summed E-state index contributed by atoms with van der Waals surface area (Å²) in [5.41, 5.74) is 2.05. The molecule has 3 aromatic rings. The van der Waals surface area contributed by atoms with E-state index in [9.17, 15) is 9.59 Å². The number of rotatable bonds is 6. The van der Waals surface area contributed by atoms with Gasteiger partial charge in [0.1, 0.15) is 24.7 Å². The first-order valence-corrected chi connectivity index (χ1v) is 9.14. The van der Waals surface area contributed by atoms with Crippen LogP contribution in [0.15, 0.2) is 65.6 Å². The monoisotopic (exact) mass is 392 g/mol. The van der Waals surface area contributed by atoms with E-state index >= 15 is 0 Å². The maximum Gasteiger partial charge on any atom is 0.262 e. The number of benzene rings is 2. The highest BCUT2D eigenvalue weighted by atomic mass is 16.5. The molecular formula is C22H20N2O5. The van der Waals surface area contributed by atoms with Gasteiger partial charge in [-0.05, 0) is 17.7 Å². The van der Waals surface area contributed by atoms with Crippen LogP contribution in [-0.2, 0) is 25.1 Å². The first-order valence-electron chi connectivity index (χ1n) is 9.14. The van der Waals surface area contributed by atoms with Crippen LogP contribution in [0.1, 0.15) is 11.3 Å². The van der Waals surface area contributed by atoms with E-state index in [1.54, 1.807) is 29.0 Å². The molecule has 0 fully saturated rings. The number of nitrogens with zero attached hydrogens (tertiary/aromatic N) is 1. The van der Waals surface area contributed by atoms with Crippen molar-refractivity contribution < 1.29 is 19.0 Å². The Kier molecular flexibility index (Phi) is 5.20. The van der Waals surface area contributed by atoms with Crippen LogP contribution >= 0.6 is 0 Å². The van der Waals surface area contributed by atoms with Crippen molar-refractivity contribution in [3.05, 3.63) is 82.3 Å². The second-order valence-corrected chi connectivity index (χ2v) is 6.66. The van der Waals surface area contributed by atoms with Crippen LogP contribution in [0, 0.1) is 0 Å². The van der Waals surface area contributed by atoms with E-state index in [4.69, 9.17) is 14.2 Å². The van der Waals surface area contributed by atoms with E-state index in [1.807, 2.05) is 37.4 Å². The SMILES string of the molecule is Cn1cc(OCc2ccccc2)c(=O)cc1COc1ccc2c(c1)NC(=O)CO2. The van der Waals surface area contributed by atoms with Gasteiger partial charge in [0.25, 0.3) is 5.91 Å². The van der Waals surface area contributed by atoms with Crippen LogP contribution in [0.2, 0.25) is 0 Å². The van der Waals surface area contributed by atoms with Gasteiger partial charge < -0.3 is 24.1 Å². The molecule has 7 heteroatoms. The molecule has 4 rings (SSSR count). The number of hydrogen-bond donors (Lipinski definition) is 1. The van der Waals surface area contributed by atoms with Crippen LogP contribution in [-0.4, -0.2) is 17.1 Å². The largest absolute Gasteiger partial charge is 0.487 e. The summed E-state index contributed by atoms with van der Waals surface area (Å²) >= 11 is 0. The van der Waals surface area contributed by atoms with Crippen molar-refractivity contribution in [3.63, 3.8) is 0 Å². The lowest BCUT2D eigenvalue weighted by Gasteiger charge is -2.19. The number of ether oxygens (including phenoxy) is 3. The van der Waals surface area contributed by atoms with E-state index in [1.165, 1.54) is 6.07 Å². The van der Waals surface area contributed by atoms with Crippen LogP contribution in [0.25, 0.3) is 0 Å². The number of anilines is 1. The predicted molar refractivity (Wildman–Crippen MR) is 107 cm³/mol. The van der Waals surface area contributed by atoms with Gasteiger partial charge >= 0.3 is 0 Å². The standard InChI is InChI=1S/C22H20N2O5/c1-24-11-21(28-12-15-5-3-2-4-6-15)19(25)9-16(24)13-27-17-7-8-20-18(10-17)23-22(26)14-29-20/h2-11H,12-14H2,1H3,(H,23,26). The highest BCUT2D eigenvalue weighted by Gasteiger charge is 2.16. The topological polar surface area (TPSA) is 78.8 Å². The average molecular weight is 392 g/mol. The molecule has 1 aromatic heterocycles. The highest BCUT2D eigenvalue weighted by molar-refractivity contribution is 5.95. The summed E-state index contributed by atoms with van der Waals surface area (Å²) in [4.78, 5) is 23.8. The van der Waals surface area contributed by atoms with E-state index in [2.05, 4.69) is 5.32 Å². The van der Waals surface area contributed by atoms with Crippen molar-refractivity contribution in [2.75, 3.05) is 11.9 Å². The molecule has 0 atom stereocenters. The number of aromatic nitrogens is 1. The Morgan fingerprint density at radius 3 is 2.69 bits per heavy atom. The highest BCUT2D eigenvalue weighted by Crippen LogP contribution is 2.31. The Balaban J connectivity index is 1.43. The minimum Gasteiger partial charge on any atom is -0.487 e. The van der Waals surface area contributed by atoms with Crippen LogP contribution in [0.3, 0.4) is 0 Å². The van der Waals surface area contributed by atoms with Gasteiger partial charge in [-0.2, -0.15) is 0 Å². The summed E-state index contributed by atoms with van der Waals surface area (Å²) in [6.45, 7) is 0.529.